The minimum absolute atomic E-state index is 0.0902. The normalized spacial score (nSPS) is 17.6. The molecule has 1 aliphatic heterocycles. The molecule has 0 radical (unpaired) electrons. The van der Waals surface area contributed by atoms with Gasteiger partial charge in [0.2, 0.25) is 0 Å². The summed E-state index contributed by atoms with van der Waals surface area (Å²) in [4.78, 5) is 12.6. The fourth-order valence-corrected chi connectivity index (χ4v) is 2.50. The third-order valence-electron chi connectivity index (χ3n) is 3.69. The summed E-state index contributed by atoms with van der Waals surface area (Å²) in [6.45, 7) is 3.84. The molecular formula is C15H20FNO. The van der Waals surface area contributed by atoms with Crippen molar-refractivity contribution in [2.45, 2.75) is 38.5 Å². The van der Waals surface area contributed by atoms with Gasteiger partial charge in [0, 0.05) is 19.5 Å². The molecular weight excluding hydrogens is 229 g/mol. The Balaban J connectivity index is 2.16. The summed E-state index contributed by atoms with van der Waals surface area (Å²) in [5, 5.41) is 0. The largest absolute Gasteiger partial charge is 0.369 e. The van der Waals surface area contributed by atoms with E-state index in [-0.39, 0.29) is 11.7 Å². The van der Waals surface area contributed by atoms with Gasteiger partial charge in [0.15, 0.2) is 0 Å². The Morgan fingerprint density at radius 1 is 1.33 bits per heavy atom. The van der Waals surface area contributed by atoms with Crippen LogP contribution in [0.4, 0.5) is 10.1 Å². The molecule has 1 aliphatic rings. The van der Waals surface area contributed by atoms with Crippen LogP contribution in [0.3, 0.4) is 0 Å². The average Bonchev–Trinajstić information content (AvgIpc) is 2.40. The van der Waals surface area contributed by atoms with Gasteiger partial charge in [-0.25, -0.2) is 4.39 Å². The zero-order valence-corrected chi connectivity index (χ0v) is 10.9. The third-order valence-corrected chi connectivity index (χ3v) is 3.69. The van der Waals surface area contributed by atoms with Gasteiger partial charge < -0.3 is 9.69 Å². The quantitative estimate of drug-likeness (QED) is 0.761. The van der Waals surface area contributed by atoms with Crippen LogP contribution in [0.1, 0.15) is 44.1 Å². The van der Waals surface area contributed by atoms with Crippen molar-refractivity contribution in [1.82, 2.24) is 0 Å². The molecule has 2 nitrogen and oxygen atoms in total. The molecule has 98 valence electrons. The van der Waals surface area contributed by atoms with Crippen LogP contribution in [0.2, 0.25) is 0 Å². The van der Waals surface area contributed by atoms with Crippen molar-refractivity contribution in [3.63, 3.8) is 0 Å². The summed E-state index contributed by atoms with van der Waals surface area (Å²) in [5.74, 6) is -0.0699. The number of nitrogens with zero attached hydrogens (tertiary/aromatic N) is 1. The molecule has 1 aromatic rings. The number of carbonyl (C=O) groups is 1. The zero-order valence-electron chi connectivity index (χ0n) is 10.9. The third kappa shape index (κ3) is 2.89. The Morgan fingerprint density at radius 3 is 2.67 bits per heavy atom. The summed E-state index contributed by atoms with van der Waals surface area (Å²) in [6.07, 6.45) is 4.86. The molecule has 0 amide bonds. The molecule has 0 bridgehead atoms. The molecule has 2 rings (SSSR count). The first-order chi connectivity index (χ1) is 8.72. The van der Waals surface area contributed by atoms with Gasteiger partial charge >= 0.3 is 0 Å². The lowest BCUT2D eigenvalue weighted by molar-refractivity contribution is -0.108. The Hall–Kier alpha value is -1.38. The number of hydrogen-bond donors (Lipinski definition) is 0. The summed E-state index contributed by atoms with van der Waals surface area (Å²) < 4.78 is 14.1. The van der Waals surface area contributed by atoms with E-state index < -0.39 is 0 Å². The van der Waals surface area contributed by atoms with Crippen LogP contribution in [0, 0.1) is 5.82 Å². The lowest BCUT2D eigenvalue weighted by Gasteiger charge is -2.29. The Labute approximate surface area is 108 Å². The fourth-order valence-electron chi connectivity index (χ4n) is 2.50. The lowest BCUT2D eigenvalue weighted by atomic mass is 9.97. The Kier molecular flexibility index (Phi) is 4.34. The molecule has 0 N–H and O–H groups in total. The number of aldehydes is 1. The maximum Gasteiger partial charge on any atom is 0.146 e. The molecule has 0 aromatic heterocycles. The molecule has 0 aliphatic carbocycles. The van der Waals surface area contributed by atoms with Crippen molar-refractivity contribution in [2.24, 2.45) is 0 Å². The highest BCUT2D eigenvalue weighted by Gasteiger charge is 2.16. The van der Waals surface area contributed by atoms with E-state index in [2.05, 4.69) is 4.90 Å². The van der Waals surface area contributed by atoms with Gasteiger partial charge in [-0.3, -0.25) is 0 Å². The molecule has 1 saturated heterocycles. The number of hydrogen-bond acceptors (Lipinski definition) is 2. The van der Waals surface area contributed by atoms with Crippen LogP contribution in [-0.2, 0) is 4.79 Å². The van der Waals surface area contributed by atoms with E-state index in [1.165, 1.54) is 6.42 Å². The monoisotopic (exact) mass is 249 g/mol. The maximum atomic E-state index is 14.1. The second-order valence-corrected chi connectivity index (χ2v) is 5.06. The van der Waals surface area contributed by atoms with Crippen LogP contribution >= 0.6 is 0 Å². The first-order valence-electron chi connectivity index (χ1n) is 6.70. The summed E-state index contributed by atoms with van der Waals surface area (Å²) in [6, 6.07) is 5.39. The number of piperidine rings is 1. The van der Waals surface area contributed by atoms with Gasteiger partial charge in [-0.15, -0.1) is 0 Å². The van der Waals surface area contributed by atoms with E-state index in [1.54, 1.807) is 6.07 Å². The SMILES string of the molecule is CC(CC=O)c1ccc(N2CCCCC2)c(F)c1. The van der Waals surface area contributed by atoms with Crippen molar-refractivity contribution in [2.75, 3.05) is 18.0 Å². The van der Waals surface area contributed by atoms with Crippen molar-refractivity contribution >= 4 is 12.0 Å². The minimum Gasteiger partial charge on any atom is -0.369 e. The second-order valence-electron chi connectivity index (χ2n) is 5.06. The maximum absolute atomic E-state index is 14.1. The van der Waals surface area contributed by atoms with Gasteiger partial charge in [-0.05, 0) is 42.9 Å². The van der Waals surface area contributed by atoms with E-state index in [9.17, 15) is 9.18 Å². The van der Waals surface area contributed by atoms with Gasteiger partial charge in [0.05, 0.1) is 5.69 Å². The highest BCUT2D eigenvalue weighted by molar-refractivity contribution is 5.53. The van der Waals surface area contributed by atoms with Gasteiger partial charge in [-0.1, -0.05) is 13.0 Å². The molecule has 1 heterocycles. The van der Waals surface area contributed by atoms with Crippen molar-refractivity contribution in [3.05, 3.63) is 29.6 Å². The average molecular weight is 249 g/mol. The molecule has 1 fully saturated rings. The lowest BCUT2D eigenvalue weighted by Crippen LogP contribution is -2.30. The predicted molar refractivity (Wildman–Crippen MR) is 71.6 cm³/mol. The first kappa shape index (κ1) is 13.1. The van der Waals surface area contributed by atoms with E-state index >= 15 is 0 Å². The van der Waals surface area contributed by atoms with Crippen LogP contribution < -0.4 is 4.90 Å². The molecule has 0 spiro atoms. The van der Waals surface area contributed by atoms with Crippen LogP contribution in [0.5, 0.6) is 0 Å². The van der Waals surface area contributed by atoms with Gasteiger partial charge in [0.1, 0.15) is 12.1 Å². The highest BCUT2D eigenvalue weighted by atomic mass is 19.1. The summed E-state index contributed by atoms with van der Waals surface area (Å²) in [5.41, 5.74) is 1.61. The number of carbonyl (C=O) groups excluding carboxylic acids is 1. The van der Waals surface area contributed by atoms with Crippen LogP contribution in [0.25, 0.3) is 0 Å². The van der Waals surface area contributed by atoms with Crippen molar-refractivity contribution in [1.29, 1.82) is 0 Å². The number of anilines is 1. The van der Waals surface area contributed by atoms with Gasteiger partial charge in [0.25, 0.3) is 0 Å². The number of halogens is 1. The molecule has 1 unspecified atom stereocenters. The topological polar surface area (TPSA) is 20.3 Å². The zero-order chi connectivity index (χ0) is 13.0. The minimum atomic E-state index is -0.160. The molecule has 1 atom stereocenters. The van der Waals surface area contributed by atoms with E-state index in [0.29, 0.717) is 12.1 Å². The molecule has 1 aromatic carbocycles. The summed E-state index contributed by atoms with van der Waals surface area (Å²) >= 11 is 0. The van der Waals surface area contributed by atoms with Gasteiger partial charge in [-0.2, -0.15) is 0 Å². The van der Waals surface area contributed by atoms with Crippen molar-refractivity contribution < 1.29 is 9.18 Å². The van der Waals surface area contributed by atoms with Crippen LogP contribution in [-0.4, -0.2) is 19.4 Å². The standard InChI is InChI=1S/C15H20FNO/c1-12(7-10-18)13-5-6-15(14(16)11-13)17-8-3-2-4-9-17/h5-6,10-12H,2-4,7-9H2,1H3. The smallest absolute Gasteiger partial charge is 0.146 e. The van der Waals surface area contributed by atoms with E-state index in [4.69, 9.17) is 0 Å². The Morgan fingerprint density at radius 2 is 2.06 bits per heavy atom. The number of rotatable bonds is 4. The Bertz CT molecular complexity index is 413. The van der Waals surface area contributed by atoms with Crippen molar-refractivity contribution in [3.8, 4) is 0 Å². The van der Waals surface area contributed by atoms with Crippen LogP contribution in [0.15, 0.2) is 18.2 Å². The molecule has 0 saturated carbocycles. The highest BCUT2D eigenvalue weighted by Crippen LogP contribution is 2.27. The molecule has 18 heavy (non-hydrogen) atoms. The summed E-state index contributed by atoms with van der Waals surface area (Å²) in [7, 11) is 0. The second kappa shape index (κ2) is 5.98. The fraction of sp³-hybridized carbons (Fsp3) is 0.533. The molecule has 3 heteroatoms. The van der Waals surface area contributed by atoms with E-state index in [0.717, 1.165) is 37.8 Å². The predicted octanol–water partition coefficient (Wildman–Crippen LogP) is 3.51. The van der Waals surface area contributed by atoms with E-state index in [1.807, 2.05) is 19.1 Å². The number of benzene rings is 1. The first-order valence-corrected chi connectivity index (χ1v) is 6.70.